The van der Waals surface area contributed by atoms with Gasteiger partial charge in [-0.15, -0.1) is 0 Å². The summed E-state index contributed by atoms with van der Waals surface area (Å²) >= 11 is 0. The number of ether oxygens (including phenoxy) is 1. The standard InChI is InChI=1S/C21H14F6N2O4/c22-20(23,24)14-3-1-2-4-17(14)33-11-18(30)29-16-6-5-13(9-15(16)21(25,26)27)28-19(31)12-7-8-32-10-12/h1-10H,11H2,(H,28,31)(H,29,30). The maximum absolute atomic E-state index is 13.5. The molecule has 0 aliphatic carbocycles. The Morgan fingerprint density at radius 2 is 1.58 bits per heavy atom. The van der Waals surface area contributed by atoms with Crippen molar-refractivity contribution >= 4 is 23.2 Å². The number of halogens is 6. The number of hydrogen-bond donors (Lipinski definition) is 2. The van der Waals surface area contributed by atoms with E-state index in [2.05, 4.69) is 5.32 Å². The van der Waals surface area contributed by atoms with E-state index in [4.69, 9.17) is 9.15 Å². The Hall–Kier alpha value is -3.96. The number of nitrogens with one attached hydrogen (secondary N) is 2. The number of benzene rings is 2. The Morgan fingerprint density at radius 3 is 2.21 bits per heavy atom. The van der Waals surface area contributed by atoms with Crippen molar-refractivity contribution in [3.8, 4) is 5.75 Å². The monoisotopic (exact) mass is 472 g/mol. The minimum absolute atomic E-state index is 0.0808. The first-order valence-corrected chi connectivity index (χ1v) is 9.09. The fourth-order valence-corrected chi connectivity index (χ4v) is 2.72. The van der Waals surface area contributed by atoms with Crippen LogP contribution in [0.3, 0.4) is 0 Å². The molecule has 0 saturated carbocycles. The number of alkyl halides is 6. The van der Waals surface area contributed by atoms with Crippen molar-refractivity contribution in [2.75, 3.05) is 17.2 Å². The van der Waals surface area contributed by atoms with Gasteiger partial charge in [0.05, 0.1) is 28.6 Å². The molecule has 0 bridgehead atoms. The van der Waals surface area contributed by atoms with Crippen LogP contribution in [0.1, 0.15) is 21.5 Å². The van der Waals surface area contributed by atoms with E-state index in [0.717, 1.165) is 36.6 Å². The molecule has 3 rings (SSSR count). The zero-order chi connectivity index (χ0) is 24.2. The van der Waals surface area contributed by atoms with Gasteiger partial charge in [0, 0.05) is 5.69 Å². The summed E-state index contributed by atoms with van der Waals surface area (Å²) in [6.07, 6.45) is -7.34. The Kier molecular flexibility index (Phi) is 6.65. The van der Waals surface area contributed by atoms with E-state index in [9.17, 15) is 35.9 Å². The topological polar surface area (TPSA) is 80.6 Å². The van der Waals surface area contributed by atoms with Crippen molar-refractivity contribution in [1.29, 1.82) is 0 Å². The summed E-state index contributed by atoms with van der Waals surface area (Å²) < 4.78 is 89.0. The molecule has 0 fully saturated rings. The normalized spacial score (nSPS) is 11.7. The van der Waals surface area contributed by atoms with Gasteiger partial charge in [-0.25, -0.2) is 0 Å². The minimum Gasteiger partial charge on any atom is -0.483 e. The lowest BCUT2D eigenvalue weighted by molar-refractivity contribution is -0.139. The zero-order valence-corrected chi connectivity index (χ0v) is 16.4. The highest BCUT2D eigenvalue weighted by Crippen LogP contribution is 2.37. The van der Waals surface area contributed by atoms with Gasteiger partial charge in [0.2, 0.25) is 0 Å². The molecule has 0 spiro atoms. The molecule has 0 aliphatic heterocycles. The summed E-state index contributed by atoms with van der Waals surface area (Å²) in [7, 11) is 0. The summed E-state index contributed by atoms with van der Waals surface area (Å²) in [6.45, 7) is -0.969. The molecule has 1 aromatic heterocycles. The number of amides is 2. The highest BCUT2D eigenvalue weighted by Gasteiger charge is 2.35. The van der Waals surface area contributed by atoms with E-state index in [1.165, 1.54) is 18.4 Å². The number of para-hydroxylation sites is 1. The fraction of sp³-hybridized carbons (Fsp3) is 0.143. The van der Waals surface area contributed by atoms with E-state index in [-0.39, 0.29) is 11.3 Å². The van der Waals surface area contributed by atoms with E-state index in [1.54, 1.807) is 0 Å². The molecular weight excluding hydrogens is 458 g/mol. The molecule has 6 nitrogen and oxygen atoms in total. The van der Waals surface area contributed by atoms with E-state index < -0.39 is 53.3 Å². The molecule has 2 aromatic carbocycles. The average Bonchev–Trinajstić information content (AvgIpc) is 3.27. The average molecular weight is 472 g/mol. The van der Waals surface area contributed by atoms with Crippen LogP contribution in [0.15, 0.2) is 65.5 Å². The van der Waals surface area contributed by atoms with Crippen LogP contribution in [-0.4, -0.2) is 18.4 Å². The highest BCUT2D eigenvalue weighted by atomic mass is 19.4. The zero-order valence-electron chi connectivity index (χ0n) is 16.4. The lowest BCUT2D eigenvalue weighted by Crippen LogP contribution is -2.23. The summed E-state index contributed by atoms with van der Waals surface area (Å²) in [5, 5.41) is 4.22. The number of carbonyl (C=O) groups excluding carboxylic acids is 2. The summed E-state index contributed by atoms with van der Waals surface area (Å²) in [4.78, 5) is 24.1. The van der Waals surface area contributed by atoms with E-state index in [0.29, 0.717) is 6.07 Å². The predicted octanol–water partition coefficient (Wildman–Crippen LogP) is 5.59. The summed E-state index contributed by atoms with van der Waals surface area (Å²) in [5.74, 6) is -2.48. The SMILES string of the molecule is O=C(COc1ccccc1C(F)(F)F)Nc1ccc(NC(=O)c2ccoc2)cc1C(F)(F)F. The Labute approximate surface area is 182 Å². The van der Waals surface area contributed by atoms with Gasteiger partial charge in [0.1, 0.15) is 12.0 Å². The largest absolute Gasteiger partial charge is 0.483 e. The van der Waals surface area contributed by atoms with Crippen LogP contribution < -0.4 is 15.4 Å². The van der Waals surface area contributed by atoms with Crippen molar-refractivity contribution in [1.82, 2.24) is 0 Å². The molecule has 3 aromatic rings. The Morgan fingerprint density at radius 1 is 0.879 bits per heavy atom. The lowest BCUT2D eigenvalue weighted by atomic mass is 10.1. The number of anilines is 2. The maximum atomic E-state index is 13.5. The quantitative estimate of drug-likeness (QED) is 0.459. The predicted molar refractivity (Wildman–Crippen MR) is 104 cm³/mol. The highest BCUT2D eigenvalue weighted by molar-refractivity contribution is 6.04. The van der Waals surface area contributed by atoms with Crippen LogP contribution >= 0.6 is 0 Å². The third kappa shape index (κ3) is 6.05. The van der Waals surface area contributed by atoms with Gasteiger partial charge in [0.25, 0.3) is 11.8 Å². The Balaban J connectivity index is 1.73. The van der Waals surface area contributed by atoms with Gasteiger partial charge in [-0.05, 0) is 36.4 Å². The van der Waals surface area contributed by atoms with Gasteiger partial charge >= 0.3 is 12.4 Å². The van der Waals surface area contributed by atoms with Crippen LogP contribution in [0.5, 0.6) is 5.75 Å². The second-order valence-electron chi connectivity index (χ2n) is 6.56. The molecule has 0 atom stereocenters. The molecule has 0 aliphatic rings. The minimum atomic E-state index is -4.91. The van der Waals surface area contributed by atoms with Crippen LogP contribution in [0.25, 0.3) is 0 Å². The van der Waals surface area contributed by atoms with Crippen LogP contribution in [0.4, 0.5) is 37.7 Å². The lowest BCUT2D eigenvalue weighted by Gasteiger charge is -2.17. The van der Waals surface area contributed by atoms with Crippen molar-refractivity contribution in [2.24, 2.45) is 0 Å². The second-order valence-corrected chi connectivity index (χ2v) is 6.56. The van der Waals surface area contributed by atoms with Gasteiger partial charge in [-0.1, -0.05) is 12.1 Å². The molecule has 0 saturated heterocycles. The number of hydrogen-bond acceptors (Lipinski definition) is 4. The molecular formula is C21H14F6N2O4. The number of carbonyl (C=O) groups is 2. The molecule has 2 amide bonds. The van der Waals surface area contributed by atoms with Gasteiger partial charge in [-0.3, -0.25) is 9.59 Å². The molecule has 2 N–H and O–H groups in total. The van der Waals surface area contributed by atoms with Crippen LogP contribution in [0, 0.1) is 0 Å². The molecule has 1 heterocycles. The maximum Gasteiger partial charge on any atom is 0.419 e. The first kappa shape index (κ1) is 23.7. The third-order valence-electron chi connectivity index (χ3n) is 4.19. The van der Waals surface area contributed by atoms with Crippen molar-refractivity contribution in [2.45, 2.75) is 12.4 Å². The summed E-state index contributed by atoms with van der Waals surface area (Å²) in [5.41, 5.74) is -3.20. The molecule has 0 unspecified atom stereocenters. The van der Waals surface area contributed by atoms with Crippen LogP contribution in [0.2, 0.25) is 0 Å². The second kappa shape index (κ2) is 9.27. The van der Waals surface area contributed by atoms with Crippen LogP contribution in [-0.2, 0) is 17.1 Å². The van der Waals surface area contributed by atoms with E-state index in [1.807, 2.05) is 5.32 Å². The molecule has 33 heavy (non-hydrogen) atoms. The number of rotatable bonds is 6. The van der Waals surface area contributed by atoms with Crippen molar-refractivity contribution < 1.29 is 45.1 Å². The van der Waals surface area contributed by atoms with Gasteiger partial charge < -0.3 is 19.8 Å². The van der Waals surface area contributed by atoms with Gasteiger partial charge in [0.15, 0.2) is 6.61 Å². The first-order chi connectivity index (χ1) is 15.4. The molecule has 12 heteroatoms. The number of furan rings is 1. The van der Waals surface area contributed by atoms with Crippen molar-refractivity contribution in [3.05, 3.63) is 77.7 Å². The Bertz CT molecular complexity index is 1140. The third-order valence-corrected chi connectivity index (χ3v) is 4.19. The molecule has 0 radical (unpaired) electrons. The van der Waals surface area contributed by atoms with Crippen molar-refractivity contribution in [3.63, 3.8) is 0 Å². The summed E-state index contributed by atoms with van der Waals surface area (Å²) in [6, 6.07) is 8.02. The first-order valence-electron chi connectivity index (χ1n) is 9.09. The fourth-order valence-electron chi connectivity index (χ4n) is 2.72. The molecule has 174 valence electrons. The van der Waals surface area contributed by atoms with E-state index >= 15 is 0 Å². The smallest absolute Gasteiger partial charge is 0.419 e. The van der Waals surface area contributed by atoms with Gasteiger partial charge in [-0.2, -0.15) is 26.3 Å².